The van der Waals surface area contributed by atoms with Crippen LogP contribution in [0.5, 0.6) is 5.75 Å². The van der Waals surface area contributed by atoms with Crippen molar-refractivity contribution in [1.29, 1.82) is 0 Å². The summed E-state index contributed by atoms with van der Waals surface area (Å²) < 4.78 is 35.2. The Morgan fingerprint density at radius 1 is 1.15 bits per heavy atom. The van der Waals surface area contributed by atoms with E-state index in [1.807, 2.05) is 36.9 Å². The van der Waals surface area contributed by atoms with E-state index in [4.69, 9.17) is 4.74 Å². The molecule has 2 aromatic carbocycles. The first kappa shape index (κ1) is 21.3. The van der Waals surface area contributed by atoms with Crippen LogP contribution in [0, 0.1) is 11.6 Å². The third-order valence-electron chi connectivity index (χ3n) is 6.06. The lowest BCUT2D eigenvalue weighted by Gasteiger charge is -2.34. The number of nitrogens with one attached hydrogen (secondary N) is 1. The fourth-order valence-corrected chi connectivity index (χ4v) is 4.40. The highest BCUT2D eigenvalue weighted by molar-refractivity contribution is 5.80. The number of nitrogens with zero attached hydrogens (tertiary/aromatic N) is 3. The molecule has 1 amide bonds. The van der Waals surface area contributed by atoms with E-state index in [0.717, 1.165) is 22.9 Å². The van der Waals surface area contributed by atoms with E-state index in [0.29, 0.717) is 49.6 Å². The van der Waals surface area contributed by atoms with Crippen LogP contribution in [0.3, 0.4) is 0 Å². The Balaban J connectivity index is 1.48. The Bertz CT molecular complexity index is 1250. The summed E-state index contributed by atoms with van der Waals surface area (Å²) >= 11 is 0. The molecule has 3 heterocycles. The summed E-state index contributed by atoms with van der Waals surface area (Å²) in [5, 5.41) is 2.84. The van der Waals surface area contributed by atoms with E-state index in [-0.39, 0.29) is 23.4 Å². The number of aromatic nitrogens is 2. The first-order valence-electron chi connectivity index (χ1n) is 11.0. The molecule has 0 spiro atoms. The molecule has 0 unspecified atom stereocenters. The second-order valence-electron chi connectivity index (χ2n) is 8.66. The molecule has 0 radical (unpaired) electrons. The van der Waals surface area contributed by atoms with Gasteiger partial charge >= 0.3 is 0 Å². The molecule has 0 saturated carbocycles. The van der Waals surface area contributed by atoms with Crippen molar-refractivity contribution in [1.82, 2.24) is 15.3 Å². The molecule has 5 rings (SSSR count). The summed E-state index contributed by atoms with van der Waals surface area (Å²) in [6, 6.07) is 9.01. The van der Waals surface area contributed by atoms with Gasteiger partial charge in [-0.25, -0.2) is 18.7 Å². The summed E-state index contributed by atoms with van der Waals surface area (Å²) in [5.74, 6) is -0.514. The van der Waals surface area contributed by atoms with Crippen LogP contribution in [-0.2, 0) is 24.2 Å². The number of halogens is 2. The Kier molecular flexibility index (Phi) is 5.44. The van der Waals surface area contributed by atoms with Crippen molar-refractivity contribution in [2.45, 2.75) is 39.3 Å². The summed E-state index contributed by atoms with van der Waals surface area (Å²) in [6.07, 6.45) is 1.89. The van der Waals surface area contributed by atoms with Gasteiger partial charge in [-0.15, -0.1) is 0 Å². The standard InChI is InChI=1S/C25H24F2N4O2/c1-14(2)31-5-6-33-25-19(26)9-17(10-21(25)31)24-20(27)13-28-22(30-24)8-15-3-4-16-11-23(32)29-12-18(16)7-15/h3-4,7,9-10,13-14H,5-6,8,11-12H2,1-2H3,(H,29,32). The number of carbonyl (C=O) groups excluding carboxylic acids is 1. The van der Waals surface area contributed by atoms with Crippen LogP contribution < -0.4 is 15.0 Å². The lowest BCUT2D eigenvalue weighted by atomic mass is 9.97. The summed E-state index contributed by atoms with van der Waals surface area (Å²) in [5.41, 5.74) is 4.02. The average molecular weight is 450 g/mol. The molecular weight excluding hydrogens is 426 g/mol. The molecule has 33 heavy (non-hydrogen) atoms. The van der Waals surface area contributed by atoms with Gasteiger partial charge in [0.05, 0.1) is 24.8 Å². The number of amides is 1. The van der Waals surface area contributed by atoms with Crippen LogP contribution in [0.25, 0.3) is 11.3 Å². The number of anilines is 1. The minimum absolute atomic E-state index is 0.0143. The molecule has 170 valence electrons. The Labute approximate surface area is 190 Å². The number of fused-ring (bicyclic) bond motifs is 2. The van der Waals surface area contributed by atoms with Crippen LogP contribution >= 0.6 is 0 Å². The molecule has 8 heteroatoms. The van der Waals surface area contributed by atoms with Crippen LogP contribution in [0.1, 0.15) is 36.4 Å². The van der Waals surface area contributed by atoms with E-state index >= 15 is 0 Å². The molecular formula is C25H24F2N4O2. The van der Waals surface area contributed by atoms with Gasteiger partial charge in [0.1, 0.15) is 18.1 Å². The molecule has 1 aromatic heterocycles. The average Bonchev–Trinajstić information content (AvgIpc) is 2.80. The monoisotopic (exact) mass is 450 g/mol. The van der Waals surface area contributed by atoms with E-state index in [9.17, 15) is 13.6 Å². The lowest BCUT2D eigenvalue weighted by molar-refractivity contribution is -0.121. The third kappa shape index (κ3) is 4.13. The van der Waals surface area contributed by atoms with Gasteiger partial charge in [-0.3, -0.25) is 4.79 Å². The lowest BCUT2D eigenvalue weighted by Crippen LogP contribution is -2.38. The maximum absolute atomic E-state index is 14.9. The first-order chi connectivity index (χ1) is 15.9. The molecule has 6 nitrogen and oxygen atoms in total. The minimum Gasteiger partial charge on any atom is -0.486 e. The zero-order valence-electron chi connectivity index (χ0n) is 18.5. The highest BCUT2D eigenvalue weighted by Gasteiger charge is 2.25. The number of hydrogen-bond donors (Lipinski definition) is 1. The van der Waals surface area contributed by atoms with Gasteiger partial charge in [0, 0.05) is 24.6 Å². The molecule has 0 bridgehead atoms. The van der Waals surface area contributed by atoms with Gasteiger partial charge in [-0.2, -0.15) is 0 Å². The van der Waals surface area contributed by atoms with Crippen molar-refractivity contribution in [3.05, 3.63) is 70.7 Å². The van der Waals surface area contributed by atoms with Crippen LogP contribution in [-0.4, -0.2) is 35.1 Å². The number of rotatable bonds is 4. The van der Waals surface area contributed by atoms with Gasteiger partial charge in [-0.05, 0) is 42.7 Å². The van der Waals surface area contributed by atoms with Crippen LogP contribution in [0.4, 0.5) is 14.5 Å². The fraction of sp³-hybridized carbons (Fsp3) is 0.320. The normalized spacial score (nSPS) is 15.1. The largest absolute Gasteiger partial charge is 0.486 e. The number of hydrogen-bond acceptors (Lipinski definition) is 5. The predicted molar refractivity (Wildman–Crippen MR) is 120 cm³/mol. The molecule has 3 aromatic rings. The van der Waals surface area contributed by atoms with E-state index < -0.39 is 11.6 Å². The van der Waals surface area contributed by atoms with Crippen LogP contribution in [0.2, 0.25) is 0 Å². The molecule has 0 fully saturated rings. The highest BCUT2D eigenvalue weighted by atomic mass is 19.1. The summed E-state index contributed by atoms with van der Waals surface area (Å²) in [7, 11) is 0. The molecule has 0 atom stereocenters. The SMILES string of the molecule is CC(C)N1CCOc2c(F)cc(-c3nc(Cc4ccc5c(c4)CNC(=O)C5)ncc3F)cc21. The zero-order chi connectivity index (χ0) is 23.1. The minimum atomic E-state index is -0.612. The quantitative estimate of drug-likeness (QED) is 0.655. The highest BCUT2D eigenvalue weighted by Crippen LogP contribution is 2.39. The molecule has 2 aliphatic rings. The topological polar surface area (TPSA) is 67.3 Å². The molecule has 2 aliphatic heterocycles. The molecule has 1 N–H and O–H groups in total. The van der Waals surface area contributed by atoms with Crippen molar-refractivity contribution in [2.75, 3.05) is 18.1 Å². The van der Waals surface area contributed by atoms with Crippen LogP contribution in [0.15, 0.2) is 36.5 Å². The fourth-order valence-electron chi connectivity index (χ4n) is 4.40. The van der Waals surface area contributed by atoms with Crippen molar-refractivity contribution < 1.29 is 18.3 Å². The summed E-state index contributed by atoms with van der Waals surface area (Å²) in [4.78, 5) is 22.2. The maximum Gasteiger partial charge on any atom is 0.224 e. The number of benzene rings is 2. The van der Waals surface area contributed by atoms with Crippen molar-refractivity contribution in [2.24, 2.45) is 0 Å². The van der Waals surface area contributed by atoms with Crippen molar-refractivity contribution in [3.63, 3.8) is 0 Å². The van der Waals surface area contributed by atoms with Gasteiger partial charge in [0.2, 0.25) is 5.91 Å². The van der Waals surface area contributed by atoms with E-state index in [1.165, 1.54) is 6.07 Å². The first-order valence-corrected chi connectivity index (χ1v) is 11.0. The number of carbonyl (C=O) groups is 1. The van der Waals surface area contributed by atoms with Gasteiger partial charge in [0.15, 0.2) is 17.4 Å². The Hall–Kier alpha value is -3.55. The Morgan fingerprint density at radius 3 is 2.82 bits per heavy atom. The molecule has 0 aliphatic carbocycles. The third-order valence-corrected chi connectivity index (χ3v) is 6.06. The smallest absolute Gasteiger partial charge is 0.224 e. The zero-order valence-corrected chi connectivity index (χ0v) is 18.5. The van der Waals surface area contributed by atoms with E-state index in [1.54, 1.807) is 6.07 Å². The van der Waals surface area contributed by atoms with Crippen molar-refractivity contribution in [3.8, 4) is 17.0 Å². The van der Waals surface area contributed by atoms with Crippen molar-refractivity contribution >= 4 is 11.6 Å². The van der Waals surface area contributed by atoms with Gasteiger partial charge < -0.3 is 15.0 Å². The predicted octanol–water partition coefficient (Wildman–Crippen LogP) is 3.79. The Morgan fingerprint density at radius 2 is 2.00 bits per heavy atom. The maximum atomic E-state index is 14.9. The second-order valence-corrected chi connectivity index (χ2v) is 8.66. The second kappa shape index (κ2) is 8.42. The van der Waals surface area contributed by atoms with Gasteiger partial charge in [0.25, 0.3) is 0 Å². The molecule has 0 saturated heterocycles. The van der Waals surface area contributed by atoms with Gasteiger partial charge in [-0.1, -0.05) is 18.2 Å². The summed E-state index contributed by atoms with van der Waals surface area (Å²) in [6.45, 7) is 5.56. The van der Waals surface area contributed by atoms with E-state index in [2.05, 4.69) is 15.3 Å². The number of ether oxygens (including phenoxy) is 1.